The first-order chi connectivity index (χ1) is 9.92. The summed E-state index contributed by atoms with van der Waals surface area (Å²) in [6.45, 7) is 1.76. The first-order valence-corrected chi connectivity index (χ1v) is 6.33. The van der Waals surface area contributed by atoms with E-state index in [2.05, 4.69) is 10.1 Å². The number of hydrogen-bond acceptors (Lipinski definition) is 5. The van der Waals surface area contributed by atoms with Crippen LogP contribution in [0.25, 0.3) is 11.1 Å². The Bertz CT molecular complexity index is 729. The monoisotopic (exact) mass is 285 g/mol. The number of nitrogens with two attached hydrogens (primary N) is 1. The van der Waals surface area contributed by atoms with Crippen LogP contribution in [-0.2, 0) is 11.8 Å². The summed E-state index contributed by atoms with van der Waals surface area (Å²) in [5, 5.41) is 22.2. The maximum absolute atomic E-state index is 10.8. The molecule has 2 rings (SSSR count). The number of hydrogen-bond donors (Lipinski definition) is 2. The molecule has 0 radical (unpaired) electrons. The summed E-state index contributed by atoms with van der Waals surface area (Å²) in [6.07, 6.45) is 3.34. The van der Waals surface area contributed by atoms with Crippen LogP contribution in [0.3, 0.4) is 0 Å². The van der Waals surface area contributed by atoms with E-state index in [1.807, 2.05) is 6.07 Å². The largest absolute Gasteiger partial charge is 0.481 e. The van der Waals surface area contributed by atoms with Crippen LogP contribution >= 0.6 is 0 Å². The maximum atomic E-state index is 10.8. The van der Waals surface area contributed by atoms with E-state index in [4.69, 9.17) is 10.8 Å². The predicted octanol–water partition coefficient (Wildman–Crippen LogP) is 1.51. The summed E-state index contributed by atoms with van der Waals surface area (Å²) in [5.41, 5.74) is 8.02. The summed E-state index contributed by atoms with van der Waals surface area (Å²) < 4.78 is 1.62. The lowest BCUT2D eigenvalue weighted by Crippen LogP contribution is -2.08. The zero-order valence-electron chi connectivity index (χ0n) is 11.7. The number of nitriles is 1. The fraction of sp³-hybridized carbons (Fsp3) is 0.286. The Hall–Kier alpha value is -2.88. The van der Waals surface area contributed by atoms with E-state index in [0.29, 0.717) is 11.3 Å². The molecule has 0 aliphatic carbocycles. The Balaban J connectivity index is 2.55. The van der Waals surface area contributed by atoms with Gasteiger partial charge in [0.2, 0.25) is 0 Å². The topological polar surface area (TPSA) is 118 Å². The van der Waals surface area contributed by atoms with Crippen molar-refractivity contribution >= 4 is 11.8 Å². The normalized spacial score (nSPS) is 11.9. The van der Waals surface area contributed by atoms with Gasteiger partial charge in [-0.05, 0) is 6.07 Å². The van der Waals surface area contributed by atoms with Crippen molar-refractivity contribution < 1.29 is 9.90 Å². The molecule has 3 N–H and O–H groups in total. The van der Waals surface area contributed by atoms with Gasteiger partial charge in [0.15, 0.2) is 0 Å². The molecule has 2 aromatic heterocycles. The first-order valence-electron chi connectivity index (χ1n) is 6.33. The molecular weight excluding hydrogens is 270 g/mol. The zero-order chi connectivity index (χ0) is 15.6. The van der Waals surface area contributed by atoms with Gasteiger partial charge in [0.05, 0.1) is 12.6 Å². The predicted molar refractivity (Wildman–Crippen MR) is 76.2 cm³/mol. The van der Waals surface area contributed by atoms with Crippen LogP contribution in [-0.4, -0.2) is 25.8 Å². The van der Waals surface area contributed by atoms with Gasteiger partial charge in [-0.1, -0.05) is 6.92 Å². The molecule has 2 aromatic rings. The second-order valence-corrected chi connectivity index (χ2v) is 4.87. The summed E-state index contributed by atoms with van der Waals surface area (Å²) in [6, 6.07) is 3.75. The van der Waals surface area contributed by atoms with Gasteiger partial charge in [-0.15, -0.1) is 0 Å². The van der Waals surface area contributed by atoms with Crippen LogP contribution in [0.4, 0.5) is 5.82 Å². The molecule has 0 spiro atoms. The van der Waals surface area contributed by atoms with Crippen molar-refractivity contribution in [2.75, 3.05) is 5.73 Å². The van der Waals surface area contributed by atoms with Crippen LogP contribution in [0, 0.1) is 11.3 Å². The smallest absolute Gasteiger partial charge is 0.304 e. The Morgan fingerprint density at radius 3 is 2.86 bits per heavy atom. The standard InChI is InChI=1S/C14H15N5O2/c1-8(3-13(20)21)12-4-10(9-6-17-19(2)7-9)11(5-15)14(16)18-12/h4,6-8H,3H2,1-2H3,(H2,16,18)(H,20,21). The number of rotatable bonds is 4. The van der Waals surface area contributed by atoms with Gasteiger partial charge in [-0.2, -0.15) is 10.4 Å². The van der Waals surface area contributed by atoms with Crippen LogP contribution in [0.2, 0.25) is 0 Å². The Morgan fingerprint density at radius 2 is 2.33 bits per heavy atom. The average Bonchev–Trinajstić information content (AvgIpc) is 2.83. The molecule has 0 aromatic carbocycles. The summed E-state index contributed by atoms with van der Waals surface area (Å²) in [5.74, 6) is -1.10. The molecule has 7 heteroatoms. The van der Waals surface area contributed by atoms with E-state index in [-0.39, 0.29) is 23.7 Å². The van der Waals surface area contributed by atoms with Crippen molar-refractivity contribution in [1.29, 1.82) is 5.26 Å². The lowest BCUT2D eigenvalue weighted by atomic mass is 9.97. The highest BCUT2D eigenvalue weighted by Crippen LogP contribution is 2.30. The lowest BCUT2D eigenvalue weighted by molar-refractivity contribution is -0.137. The van der Waals surface area contributed by atoms with E-state index >= 15 is 0 Å². The second-order valence-electron chi connectivity index (χ2n) is 4.87. The third kappa shape index (κ3) is 3.00. The molecule has 0 fully saturated rings. The van der Waals surface area contributed by atoms with Gasteiger partial charge in [-0.25, -0.2) is 4.98 Å². The minimum Gasteiger partial charge on any atom is -0.481 e. The van der Waals surface area contributed by atoms with Crippen molar-refractivity contribution in [3.63, 3.8) is 0 Å². The number of aromatic nitrogens is 3. The zero-order valence-corrected chi connectivity index (χ0v) is 11.7. The van der Waals surface area contributed by atoms with E-state index in [9.17, 15) is 10.1 Å². The lowest BCUT2D eigenvalue weighted by Gasteiger charge is -2.12. The highest BCUT2D eigenvalue weighted by Gasteiger charge is 2.18. The molecule has 0 bridgehead atoms. The van der Waals surface area contributed by atoms with Gasteiger partial charge in [-0.3, -0.25) is 9.48 Å². The van der Waals surface area contributed by atoms with Gasteiger partial charge < -0.3 is 10.8 Å². The van der Waals surface area contributed by atoms with Crippen molar-refractivity contribution in [1.82, 2.24) is 14.8 Å². The quantitative estimate of drug-likeness (QED) is 0.879. The Morgan fingerprint density at radius 1 is 1.62 bits per heavy atom. The van der Waals surface area contributed by atoms with E-state index < -0.39 is 5.97 Å². The van der Waals surface area contributed by atoms with Gasteiger partial charge in [0, 0.05) is 36.0 Å². The number of nitrogen functional groups attached to an aromatic ring is 1. The van der Waals surface area contributed by atoms with Crippen LogP contribution in [0.15, 0.2) is 18.5 Å². The van der Waals surface area contributed by atoms with Crippen LogP contribution < -0.4 is 5.73 Å². The van der Waals surface area contributed by atoms with E-state index in [1.54, 1.807) is 37.1 Å². The fourth-order valence-electron chi connectivity index (χ4n) is 2.11. The number of aliphatic carboxylic acids is 1. The van der Waals surface area contributed by atoms with E-state index in [0.717, 1.165) is 5.56 Å². The molecule has 0 aliphatic heterocycles. The van der Waals surface area contributed by atoms with Gasteiger partial charge >= 0.3 is 5.97 Å². The second kappa shape index (κ2) is 5.63. The summed E-state index contributed by atoms with van der Waals surface area (Å²) in [4.78, 5) is 15.0. The first kappa shape index (κ1) is 14.5. The maximum Gasteiger partial charge on any atom is 0.304 e. The molecule has 0 aliphatic rings. The highest BCUT2D eigenvalue weighted by atomic mass is 16.4. The number of carboxylic acids is 1. The third-order valence-electron chi connectivity index (χ3n) is 3.18. The molecule has 0 saturated heterocycles. The molecule has 2 heterocycles. The Labute approximate surface area is 121 Å². The van der Waals surface area contributed by atoms with Gasteiger partial charge in [0.1, 0.15) is 17.5 Å². The van der Waals surface area contributed by atoms with Crippen molar-refractivity contribution in [2.24, 2.45) is 7.05 Å². The summed E-state index contributed by atoms with van der Waals surface area (Å²) >= 11 is 0. The molecule has 1 atom stereocenters. The number of anilines is 1. The molecule has 1 unspecified atom stereocenters. The number of aryl methyl sites for hydroxylation is 1. The fourth-order valence-corrected chi connectivity index (χ4v) is 2.11. The molecule has 0 saturated carbocycles. The molecular formula is C14H15N5O2. The summed E-state index contributed by atoms with van der Waals surface area (Å²) in [7, 11) is 1.77. The van der Waals surface area contributed by atoms with Crippen LogP contribution in [0.1, 0.15) is 30.5 Å². The van der Waals surface area contributed by atoms with Crippen molar-refractivity contribution in [3.05, 3.63) is 29.7 Å². The van der Waals surface area contributed by atoms with Crippen molar-refractivity contribution in [2.45, 2.75) is 19.3 Å². The number of carboxylic acid groups (broad SMARTS) is 1. The Kier molecular flexibility index (Phi) is 3.89. The van der Waals surface area contributed by atoms with Crippen LogP contribution in [0.5, 0.6) is 0 Å². The number of nitrogens with zero attached hydrogens (tertiary/aromatic N) is 4. The van der Waals surface area contributed by atoms with E-state index in [1.165, 1.54) is 0 Å². The molecule has 108 valence electrons. The number of pyridine rings is 1. The minimum atomic E-state index is -0.907. The minimum absolute atomic E-state index is 0.0508. The highest BCUT2D eigenvalue weighted by molar-refractivity contribution is 5.75. The van der Waals surface area contributed by atoms with Crippen molar-refractivity contribution in [3.8, 4) is 17.2 Å². The molecule has 0 amide bonds. The number of carbonyl (C=O) groups is 1. The SMILES string of the molecule is CC(CC(=O)O)c1cc(-c2cnn(C)c2)c(C#N)c(N)n1. The molecule has 7 nitrogen and oxygen atoms in total. The third-order valence-corrected chi connectivity index (χ3v) is 3.18. The average molecular weight is 285 g/mol. The molecule has 21 heavy (non-hydrogen) atoms. The van der Waals surface area contributed by atoms with Gasteiger partial charge in [0.25, 0.3) is 0 Å².